The number of H-pyrrole nitrogens is 1. The molecule has 0 radical (unpaired) electrons. The van der Waals surface area contributed by atoms with Gasteiger partial charge >= 0.3 is 0 Å². The number of ether oxygens (including phenoxy) is 1. The summed E-state index contributed by atoms with van der Waals surface area (Å²) in [5.74, 6) is 0.383. The third-order valence-corrected chi connectivity index (χ3v) is 5.68. The molecule has 122 valence electrons. The van der Waals surface area contributed by atoms with Crippen LogP contribution in [0.15, 0.2) is 42.6 Å². The van der Waals surface area contributed by atoms with Crippen LogP contribution in [0.1, 0.15) is 29.7 Å². The van der Waals surface area contributed by atoms with Crippen molar-refractivity contribution >= 4 is 39.8 Å². The van der Waals surface area contributed by atoms with Crippen LogP contribution in [-0.2, 0) is 4.74 Å². The lowest BCUT2D eigenvalue weighted by molar-refractivity contribution is 0.0830. The van der Waals surface area contributed by atoms with Crippen LogP contribution < -0.4 is 5.32 Å². The molecule has 24 heavy (non-hydrogen) atoms. The molecule has 3 aromatic rings. The lowest BCUT2D eigenvalue weighted by atomic mass is 9.81. The van der Waals surface area contributed by atoms with Crippen LogP contribution in [0.3, 0.4) is 0 Å². The van der Waals surface area contributed by atoms with E-state index in [4.69, 9.17) is 27.9 Å². The molecule has 2 N–H and O–H groups in total. The molecule has 2 aliphatic heterocycles. The van der Waals surface area contributed by atoms with Gasteiger partial charge in [-0.1, -0.05) is 23.2 Å². The number of aromatic nitrogens is 1. The lowest BCUT2D eigenvalue weighted by Gasteiger charge is -2.36. The lowest BCUT2D eigenvalue weighted by Crippen LogP contribution is -2.29. The average Bonchev–Trinajstić information content (AvgIpc) is 3.21. The van der Waals surface area contributed by atoms with Gasteiger partial charge in [-0.2, -0.15) is 0 Å². The molecule has 0 saturated carbocycles. The van der Waals surface area contributed by atoms with Gasteiger partial charge < -0.3 is 15.0 Å². The summed E-state index contributed by atoms with van der Waals surface area (Å²) >= 11 is 12.4. The Hall–Kier alpha value is -1.68. The first-order chi connectivity index (χ1) is 11.7. The number of anilines is 1. The predicted molar refractivity (Wildman–Crippen MR) is 97.9 cm³/mol. The van der Waals surface area contributed by atoms with Crippen molar-refractivity contribution < 1.29 is 4.74 Å². The van der Waals surface area contributed by atoms with Crippen LogP contribution in [-0.4, -0.2) is 11.6 Å². The summed E-state index contributed by atoms with van der Waals surface area (Å²) in [7, 11) is 0. The SMILES string of the molecule is Clc1ccc2c(c1)[C@H]1OCC[C@H]1[C@@H](c1c[nH]c3ccc(Cl)cc13)N2. The van der Waals surface area contributed by atoms with Crippen molar-refractivity contribution in [3.8, 4) is 0 Å². The first-order valence-electron chi connectivity index (χ1n) is 8.15. The maximum absolute atomic E-state index is 6.22. The number of halogens is 2. The molecule has 0 aliphatic carbocycles. The maximum Gasteiger partial charge on any atom is 0.0897 e. The van der Waals surface area contributed by atoms with Crippen LogP contribution in [0.25, 0.3) is 10.9 Å². The van der Waals surface area contributed by atoms with Crippen molar-refractivity contribution in [1.29, 1.82) is 0 Å². The first-order valence-corrected chi connectivity index (χ1v) is 8.90. The van der Waals surface area contributed by atoms with Gasteiger partial charge in [0.2, 0.25) is 0 Å². The van der Waals surface area contributed by atoms with Crippen LogP contribution in [0.2, 0.25) is 10.0 Å². The molecule has 2 aromatic carbocycles. The topological polar surface area (TPSA) is 37.0 Å². The Bertz CT molecular complexity index is 936. The summed E-state index contributed by atoms with van der Waals surface area (Å²) in [5, 5.41) is 6.38. The highest BCUT2D eigenvalue weighted by atomic mass is 35.5. The minimum atomic E-state index is 0.0917. The van der Waals surface area contributed by atoms with E-state index in [9.17, 15) is 0 Å². The fourth-order valence-corrected chi connectivity index (χ4v) is 4.48. The Morgan fingerprint density at radius 2 is 1.83 bits per heavy atom. The van der Waals surface area contributed by atoms with Gasteiger partial charge in [-0.3, -0.25) is 0 Å². The Balaban J connectivity index is 1.65. The van der Waals surface area contributed by atoms with E-state index < -0.39 is 0 Å². The zero-order chi connectivity index (χ0) is 16.3. The third-order valence-electron chi connectivity index (χ3n) is 5.21. The van der Waals surface area contributed by atoms with E-state index in [0.29, 0.717) is 5.92 Å². The quantitative estimate of drug-likeness (QED) is 0.583. The molecule has 0 unspecified atom stereocenters. The number of aromatic amines is 1. The molecule has 3 heterocycles. The standard InChI is InChI=1S/C19H16Cl2N2O/c20-10-1-3-16-13(7-10)15(9-22-16)18-12-5-6-24-19(12)14-8-11(21)2-4-17(14)23-18/h1-4,7-9,12,18-19,22-23H,5-6H2/t12-,18-,19-/m0/s1. The van der Waals surface area contributed by atoms with E-state index in [1.54, 1.807) is 0 Å². The molecule has 0 amide bonds. The van der Waals surface area contributed by atoms with Gasteiger partial charge in [-0.15, -0.1) is 0 Å². The van der Waals surface area contributed by atoms with E-state index in [0.717, 1.165) is 34.3 Å². The summed E-state index contributed by atoms with van der Waals surface area (Å²) in [4.78, 5) is 3.37. The Morgan fingerprint density at radius 1 is 1.00 bits per heavy atom. The molecule has 5 heteroatoms. The monoisotopic (exact) mass is 358 g/mol. The molecule has 0 bridgehead atoms. The molecular weight excluding hydrogens is 343 g/mol. The van der Waals surface area contributed by atoms with Crippen LogP contribution in [0.5, 0.6) is 0 Å². The Labute approximate surface area is 149 Å². The normalized spacial score (nSPS) is 25.3. The highest BCUT2D eigenvalue weighted by Gasteiger charge is 2.42. The van der Waals surface area contributed by atoms with Gasteiger partial charge in [-0.25, -0.2) is 0 Å². The largest absolute Gasteiger partial charge is 0.377 e. The summed E-state index contributed by atoms with van der Waals surface area (Å²) in [5.41, 5.74) is 4.62. The van der Waals surface area contributed by atoms with Gasteiger partial charge in [0.05, 0.1) is 12.1 Å². The van der Waals surface area contributed by atoms with Gasteiger partial charge in [0, 0.05) is 56.5 Å². The summed E-state index contributed by atoms with van der Waals surface area (Å²) in [6, 6.07) is 12.2. The molecule has 2 aliphatic rings. The minimum absolute atomic E-state index is 0.0917. The molecular formula is C19H16Cl2N2O. The van der Waals surface area contributed by atoms with Gasteiger partial charge in [0.25, 0.3) is 0 Å². The minimum Gasteiger partial charge on any atom is -0.377 e. The van der Waals surface area contributed by atoms with Crippen LogP contribution in [0.4, 0.5) is 5.69 Å². The molecule has 3 nitrogen and oxygen atoms in total. The maximum atomic E-state index is 6.22. The molecule has 3 atom stereocenters. The van der Waals surface area contributed by atoms with E-state index >= 15 is 0 Å². The first kappa shape index (κ1) is 14.6. The number of nitrogens with one attached hydrogen (secondary N) is 2. The van der Waals surface area contributed by atoms with Crippen molar-refractivity contribution in [3.05, 3.63) is 63.8 Å². The third kappa shape index (κ3) is 2.16. The summed E-state index contributed by atoms with van der Waals surface area (Å²) in [6.07, 6.45) is 3.21. The van der Waals surface area contributed by atoms with Gasteiger partial charge in [0.1, 0.15) is 0 Å². The predicted octanol–water partition coefficient (Wildman–Crippen LogP) is 5.72. The number of rotatable bonds is 1. The van der Waals surface area contributed by atoms with Gasteiger partial charge in [-0.05, 0) is 42.8 Å². The Morgan fingerprint density at radius 3 is 2.75 bits per heavy atom. The van der Waals surface area contributed by atoms with E-state index in [1.807, 2.05) is 36.4 Å². The van der Waals surface area contributed by atoms with Crippen molar-refractivity contribution in [1.82, 2.24) is 4.98 Å². The summed E-state index contributed by atoms with van der Waals surface area (Å²) < 4.78 is 6.07. The fourth-order valence-electron chi connectivity index (χ4n) is 4.12. The second-order valence-corrected chi connectivity index (χ2v) is 7.40. The zero-order valence-electron chi connectivity index (χ0n) is 12.9. The Kier molecular flexibility index (Phi) is 3.30. The fraction of sp³-hybridized carbons (Fsp3) is 0.263. The molecule has 1 aromatic heterocycles. The van der Waals surface area contributed by atoms with Crippen LogP contribution in [0, 0.1) is 5.92 Å². The molecule has 0 spiro atoms. The number of hydrogen-bond donors (Lipinski definition) is 2. The number of benzene rings is 2. The number of hydrogen-bond acceptors (Lipinski definition) is 2. The second kappa shape index (κ2) is 5.41. The smallest absolute Gasteiger partial charge is 0.0897 e. The average molecular weight is 359 g/mol. The van der Waals surface area contributed by atoms with Crippen LogP contribution >= 0.6 is 23.2 Å². The molecule has 1 fully saturated rings. The van der Waals surface area contributed by atoms with Gasteiger partial charge in [0.15, 0.2) is 0 Å². The summed E-state index contributed by atoms with van der Waals surface area (Å²) in [6.45, 7) is 0.780. The molecule has 1 saturated heterocycles. The van der Waals surface area contributed by atoms with E-state index in [2.05, 4.69) is 16.5 Å². The van der Waals surface area contributed by atoms with Crippen molar-refractivity contribution in [2.45, 2.75) is 18.6 Å². The van der Waals surface area contributed by atoms with Crippen molar-refractivity contribution in [2.24, 2.45) is 5.92 Å². The van der Waals surface area contributed by atoms with Crippen molar-refractivity contribution in [2.75, 3.05) is 11.9 Å². The molecule has 5 rings (SSSR count). The van der Waals surface area contributed by atoms with Crippen molar-refractivity contribution in [3.63, 3.8) is 0 Å². The highest BCUT2D eigenvalue weighted by Crippen LogP contribution is 2.51. The second-order valence-electron chi connectivity index (χ2n) is 6.53. The van der Waals surface area contributed by atoms with E-state index in [1.165, 1.54) is 16.5 Å². The zero-order valence-corrected chi connectivity index (χ0v) is 14.4. The van der Waals surface area contributed by atoms with E-state index in [-0.39, 0.29) is 12.1 Å². The number of fused-ring (bicyclic) bond motifs is 4. The highest BCUT2D eigenvalue weighted by molar-refractivity contribution is 6.31.